The highest BCUT2D eigenvalue weighted by Gasteiger charge is 2.16. The number of hydrogen-bond donors (Lipinski definition) is 1. The second-order valence-corrected chi connectivity index (χ2v) is 3.98. The summed E-state index contributed by atoms with van der Waals surface area (Å²) < 4.78 is 5.28. The Kier molecular flexibility index (Phi) is 4.15. The zero-order valence-corrected chi connectivity index (χ0v) is 9.95. The summed E-state index contributed by atoms with van der Waals surface area (Å²) in [4.78, 5) is 0. The Balaban J connectivity index is 3.03. The Bertz CT molecular complexity index is 318. The molecular weight excluding hydrogens is 188 g/mol. The summed E-state index contributed by atoms with van der Waals surface area (Å²) in [6.45, 7) is 5.94. The highest BCUT2D eigenvalue weighted by Crippen LogP contribution is 2.28. The predicted octanol–water partition coefficient (Wildman–Crippen LogP) is 2.88. The highest BCUT2D eigenvalue weighted by atomic mass is 16.5. The van der Waals surface area contributed by atoms with Crippen LogP contribution in [0.1, 0.15) is 37.3 Å². The maximum Gasteiger partial charge on any atom is 0.122 e. The molecule has 84 valence electrons. The quantitative estimate of drug-likeness (QED) is 0.824. The summed E-state index contributed by atoms with van der Waals surface area (Å²) in [6.07, 6.45) is 0.617. The third kappa shape index (κ3) is 2.72. The fourth-order valence-corrected chi connectivity index (χ4v) is 1.92. The van der Waals surface area contributed by atoms with Crippen molar-refractivity contribution in [1.29, 1.82) is 0 Å². The van der Waals surface area contributed by atoms with E-state index in [0.717, 1.165) is 23.3 Å². The summed E-state index contributed by atoms with van der Waals surface area (Å²) in [5.41, 5.74) is 2.27. The van der Waals surface area contributed by atoms with Gasteiger partial charge in [-0.2, -0.15) is 0 Å². The summed E-state index contributed by atoms with van der Waals surface area (Å²) >= 11 is 0. The molecule has 1 rings (SSSR count). The fraction of sp³-hybridized carbons (Fsp3) is 0.538. The number of methoxy groups -OCH3 is 1. The number of hydrogen-bond acceptors (Lipinski definition) is 2. The normalized spacial score (nSPS) is 14.7. The molecule has 0 spiro atoms. The van der Waals surface area contributed by atoms with Crippen LogP contribution in [0.15, 0.2) is 18.2 Å². The third-order valence-electron chi connectivity index (χ3n) is 2.88. The van der Waals surface area contributed by atoms with Crippen LogP contribution in [0.25, 0.3) is 0 Å². The number of aliphatic hydroxyl groups excluding tert-OH is 1. The van der Waals surface area contributed by atoms with Gasteiger partial charge in [0.25, 0.3) is 0 Å². The van der Waals surface area contributed by atoms with E-state index in [0.29, 0.717) is 0 Å². The Labute approximate surface area is 91.9 Å². The van der Waals surface area contributed by atoms with Crippen molar-refractivity contribution in [3.8, 4) is 5.75 Å². The number of ether oxygens (including phenoxy) is 1. The molecule has 2 nitrogen and oxygen atoms in total. The van der Waals surface area contributed by atoms with Crippen LogP contribution < -0.4 is 4.74 Å². The number of aliphatic hydroxyl groups is 1. The van der Waals surface area contributed by atoms with Gasteiger partial charge in [-0.25, -0.2) is 0 Å². The first-order chi connectivity index (χ1) is 7.10. The van der Waals surface area contributed by atoms with E-state index in [-0.39, 0.29) is 12.0 Å². The first-order valence-corrected chi connectivity index (χ1v) is 5.42. The van der Waals surface area contributed by atoms with Crippen LogP contribution in [-0.2, 0) is 0 Å². The van der Waals surface area contributed by atoms with Gasteiger partial charge in [0.05, 0.1) is 13.2 Å². The van der Waals surface area contributed by atoms with E-state index in [1.165, 1.54) is 0 Å². The van der Waals surface area contributed by atoms with E-state index in [9.17, 15) is 5.11 Å². The average molecular weight is 208 g/mol. The molecule has 0 aliphatic carbocycles. The van der Waals surface area contributed by atoms with Gasteiger partial charge in [0.15, 0.2) is 0 Å². The van der Waals surface area contributed by atoms with Crippen molar-refractivity contribution in [3.63, 3.8) is 0 Å². The molecule has 1 aromatic rings. The van der Waals surface area contributed by atoms with Crippen molar-refractivity contribution in [1.82, 2.24) is 0 Å². The SMILES string of the molecule is CCC(c1ccc(C)c(OC)c1)C(C)O. The maximum atomic E-state index is 9.66. The second kappa shape index (κ2) is 5.17. The van der Waals surface area contributed by atoms with Gasteiger partial charge in [-0.15, -0.1) is 0 Å². The van der Waals surface area contributed by atoms with E-state index >= 15 is 0 Å². The molecule has 1 N–H and O–H groups in total. The van der Waals surface area contributed by atoms with Crippen LogP contribution in [-0.4, -0.2) is 18.3 Å². The predicted molar refractivity (Wildman–Crippen MR) is 62.4 cm³/mol. The lowest BCUT2D eigenvalue weighted by atomic mass is 9.91. The van der Waals surface area contributed by atoms with E-state index in [2.05, 4.69) is 13.0 Å². The molecule has 0 bridgehead atoms. The van der Waals surface area contributed by atoms with Crippen LogP contribution in [0.3, 0.4) is 0 Å². The van der Waals surface area contributed by atoms with E-state index < -0.39 is 0 Å². The zero-order valence-electron chi connectivity index (χ0n) is 9.95. The van der Waals surface area contributed by atoms with Gasteiger partial charge in [-0.05, 0) is 37.5 Å². The maximum absolute atomic E-state index is 9.66. The fourth-order valence-electron chi connectivity index (χ4n) is 1.92. The van der Waals surface area contributed by atoms with E-state index in [1.807, 2.05) is 26.0 Å². The van der Waals surface area contributed by atoms with Crippen molar-refractivity contribution < 1.29 is 9.84 Å². The molecule has 0 aromatic heterocycles. The number of rotatable bonds is 4. The summed E-state index contributed by atoms with van der Waals surface area (Å²) in [5.74, 6) is 1.09. The lowest BCUT2D eigenvalue weighted by Gasteiger charge is -2.19. The molecule has 15 heavy (non-hydrogen) atoms. The van der Waals surface area contributed by atoms with Gasteiger partial charge in [-0.3, -0.25) is 0 Å². The molecular formula is C13H20O2. The average Bonchev–Trinajstić information content (AvgIpc) is 2.21. The Morgan fingerprint density at radius 1 is 1.40 bits per heavy atom. The monoisotopic (exact) mass is 208 g/mol. The molecule has 2 unspecified atom stereocenters. The molecule has 0 amide bonds. The number of benzene rings is 1. The van der Waals surface area contributed by atoms with Crippen LogP contribution in [0, 0.1) is 6.92 Å². The van der Waals surface area contributed by atoms with Gasteiger partial charge in [0.2, 0.25) is 0 Å². The standard InChI is InChI=1S/C13H20O2/c1-5-12(10(3)14)11-7-6-9(2)13(8-11)15-4/h6-8,10,12,14H,5H2,1-4H3. The largest absolute Gasteiger partial charge is 0.496 e. The summed E-state index contributed by atoms with van der Waals surface area (Å²) in [6, 6.07) is 6.13. The van der Waals surface area contributed by atoms with Crippen LogP contribution in [0.4, 0.5) is 0 Å². The smallest absolute Gasteiger partial charge is 0.122 e. The molecule has 2 heteroatoms. The van der Waals surface area contributed by atoms with Crippen LogP contribution >= 0.6 is 0 Å². The zero-order chi connectivity index (χ0) is 11.4. The minimum absolute atomic E-state index is 0.194. The Morgan fingerprint density at radius 2 is 2.07 bits per heavy atom. The van der Waals surface area contributed by atoms with Crippen molar-refractivity contribution in [2.24, 2.45) is 0 Å². The second-order valence-electron chi connectivity index (χ2n) is 3.98. The van der Waals surface area contributed by atoms with E-state index in [4.69, 9.17) is 4.74 Å². The summed E-state index contributed by atoms with van der Waals surface area (Å²) in [7, 11) is 1.68. The van der Waals surface area contributed by atoms with Crippen LogP contribution in [0.2, 0.25) is 0 Å². The lowest BCUT2D eigenvalue weighted by molar-refractivity contribution is 0.159. The van der Waals surface area contributed by atoms with Gasteiger partial charge < -0.3 is 9.84 Å². The highest BCUT2D eigenvalue weighted by molar-refractivity contribution is 5.38. The molecule has 1 aromatic carbocycles. The molecule has 2 atom stereocenters. The number of aryl methyl sites for hydroxylation is 1. The molecule has 0 radical (unpaired) electrons. The third-order valence-corrected chi connectivity index (χ3v) is 2.88. The van der Waals surface area contributed by atoms with Gasteiger partial charge in [0.1, 0.15) is 5.75 Å². The Hall–Kier alpha value is -1.02. The first kappa shape index (κ1) is 12.1. The van der Waals surface area contributed by atoms with Gasteiger partial charge in [0, 0.05) is 5.92 Å². The van der Waals surface area contributed by atoms with Crippen LogP contribution in [0.5, 0.6) is 5.75 Å². The molecule has 0 aliphatic heterocycles. The Morgan fingerprint density at radius 3 is 2.53 bits per heavy atom. The molecule has 0 saturated carbocycles. The summed E-state index contributed by atoms with van der Waals surface area (Å²) in [5, 5.41) is 9.66. The lowest BCUT2D eigenvalue weighted by Crippen LogP contribution is -2.13. The van der Waals surface area contributed by atoms with Gasteiger partial charge >= 0.3 is 0 Å². The van der Waals surface area contributed by atoms with Crippen molar-refractivity contribution in [2.75, 3.05) is 7.11 Å². The van der Waals surface area contributed by atoms with Crippen molar-refractivity contribution >= 4 is 0 Å². The first-order valence-electron chi connectivity index (χ1n) is 5.42. The minimum Gasteiger partial charge on any atom is -0.496 e. The van der Waals surface area contributed by atoms with Crippen molar-refractivity contribution in [3.05, 3.63) is 29.3 Å². The van der Waals surface area contributed by atoms with Gasteiger partial charge in [-0.1, -0.05) is 19.1 Å². The topological polar surface area (TPSA) is 29.5 Å². The molecule has 0 fully saturated rings. The molecule has 0 saturated heterocycles. The molecule has 0 aliphatic rings. The molecule has 0 heterocycles. The minimum atomic E-state index is -0.317. The van der Waals surface area contributed by atoms with Crippen molar-refractivity contribution in [2.45, 2.75) is 39.2 Å². The van der Waals surface area contributed by atoms with E-state index in [1.54, 1.807) is 7.11 Å².